The first kappa shape index (κ1) is 11.8. The molecule has 0 saturated carbocycles. The summed E-state index contributed by atoms with van der Waals surface area (Å²) in [6.07, 6.45) is 1.04. The minimum absolute atomic E-state index is 0.910. The number of aromatic amines is 1. The van der Waals surface area contributed by atoms with Gasteiger partial charge in [0.25, 0.3) is 0 Å². The second kappa shape index (κ2) is 4.76. The summed E-state index contributed by atoms with van der Waals surface area (Å²) in [5.74, 6) is 0.910. The molecule has 1 aromatic heterocycles. The summed E-state index contributed by atoms with van der Waals surface area (Å²) in [6, 6.07) is 14.6. The van der Waals surface area contributed by atoms with E-state index < -0.39 is 0 Å². The number of hydrogen-bond acceptors (Lipinski definition) is 2. The molecule has 0 aliphatic rings. The van der Waals surface area contributed by atoms with Crippen molar-refractivity contribution in [3.8, 4) is 11.4 Å². The lowest BCUT2D eigenvalue weighted by atomic mass is 10.1. The molecule has 0 aliphatic carbocycles. The molecule has 3 aromatic rings. The highest BCUT2D eigenvalue weighted by Crippen LogP contribution is 2.27. The molecule has 3 rings (SSSR count). The van der Waals surface area contributed by atoms with Gasteiger partial charge in [0.05, 0.1) is 11.0 Å². The molecular weight excluding hydrogens is 234 g/mol. The van der Waals surface area contributed by atoms with Crippen LogP contribution in [0.15, 0.2) is 42.5 Å². The Bertz CT molecular complexity index is 713. The second-order valence-corrected chi connectivity index (χ2v) is 4.59. The van der Waals surface area contributed by atoms with Gasteiger partial charge in [0.15, 0.2) is 0 Å². The molecule has 1 heterocycles. The Labute approximate surface area is 112 Å². The van der Waals surface area contributed by atoms with E-state index in [9.17, 15) is 0 Å². The molecule has 3 nitrogen and oxygen atoms in total. The molecule has 0 atom stereocenters. The first-order chi connectivity index (χ1) is 9.31. The van der Waals surface area contributed by atoms with E-state index >= 15 is 0 Å². The van der Waals surface area contributed by atoms with Gasteiger partial charge in [0, 0.05) is 18.3 Å². The Morgan fingerprint density at radius 2 is 2.00 bits per heavy atom. The maximum absolute atomic E-state index is 4.67. The zero-order chi connectivity index (χ0) is 13.2. The summed E-state index contributed by atoms with van der Waals surface area (Å²) in [5, 5.41) is 3.20. The van der Waals surface area contributed by atoms with Gasteiger partial charge in [0.2, 0.25) is 0 Å². The van der Waals surface area contributed by atoms with Crippen LogP contribution in [-0.2, 0) is 6.42 Å². The van der Waals surface area contributed by atoms with Crippen molar-refractivity contribution in [2.75, 3.05) is 12.4 Å². The fourth-order valence-corrected chi connectivity index (χ4v) is 2.31. The third-order valence-corrected chi connectivity index (χ3v) is 3.41. The van der Waals surface area contributed by atoms with E-state index in [2.05, 4.69) is 52.5 Å². The van der Waals surface area contributed by atoms with Crippen molar-refractivity contribution in [2.45, 2.75) is 13.3 Å². The number of H-pyrrole nitrogens is 1. The monoisotopic (exact) mass is 251 g/mol. The number of para-hydroxylation sites is 1. The molecule has 96 valence electrons. The number of nitrogens with zero attached hydrogens (tertiary/aromatic N) is 1. The molecular formula is C16H17N3. The third-order valence-electron chi connectivity index (χ3n) is 3.41. The van der Waals surface area contributed by atoms with Crippen molar-refractivity contribution in [1.82, 2.24) is 9.97 Å². The summed E-state index contributed by atoms with van der Waals surface area (Å²) in [7, 11) is 1.93. The van der Waals surface area contributed by atoms with Gasteiger partial charge in [-0.1, -0.05) is 25.1 Å². The van der Waals surface area contributed by atoms with Crippen LogP contribution in [0.25, 0.3) is 22.4 Å². The lowest BCUT2D eigenvalue weighted by Gasteiger charge is -2.05. The fourth-order valence-electron chi connectivity index (χ4n) is 2.31. The number of imidazole rings is 1. The zero-order valence-corrected chi connectivity index (χ0v) is 11.2. The van der Waals surface area contributed by atoms with Crippen molar-refractivity contribution in [2.24, 2.45) is 0 Å². The maximum Gasteiger partial charge on any atom is 0.140 e. The molecule has 0 unspecified atom stereocenters. The predicted molar refractivity (Wildman–Crippen MR) is 80.5 cm³/mol. The van der Waals surface area contributed by atoms with Crippen LogP contribution >= 0.6 is 0 Å². The molecule has 0 bridgehead atoms. The number of benzene rings is 2. The van der Waals surface area contributed by atoms with Crippen molar-refractivity contribution >= 4 is 16.7 Å². The predicted octanol–water partition coefficient (Wildman–Crippen LogP) is 3.83. The first-order valence-electron chi connectivity index (χ1n) is 6.57. The average Bonchev–Trinajstić information content (AvgIpc) is 2.89. The van der Waals surface area contributed by atoms with Crippen LogP contribution in [-0.4, -0.2) is 17.0 Å². The Morgan fingerprint density at radius 3 is 2.79 bits per heavy atom. The van der Waals surface area contributed by atoms with E-state index in [4.69, 9.17) is 0 Å². The number of nitrogens with one attached hydrogen (secondary N) is 2. The van der Waals surface area contributed by atoms with E-state index in [0.717, 1.165) is 34.5 Å². The lowest BCUT2D eigenvalue weighted by Crippen LogP contribution is -1.92. The van der Waals surface area contributed by atoms with Gasteiger partial charge in [-0.05, 0) is 36.2 Å². The van der Waals surface area contributed by atoms with E-state index in [1.54, 1.807) is 0 Å². The molecule has 3 heteroatoms. The third kappa shape index (κ3) is 2.08. The zero-order valence-electron chi connectivity index (χ0n) is 11.2. The summed E-state index contributed by atoms with van der Waals surface area (Å²) in [5.41, 5.74) is 5.61. The molecule has 0 spiro atoms. The number of anilines is 1. The molecule has 2 aromatic carbocycles. The summed E-state index contributed by atoms with van der Waals surface area (Å²) >= 11 is 0. The summed E-state index contributed by atoms with van der Waals surface area (Å²) < 4.78 is 0. The van der Waals surface area contributed by atoms with Gasteiger partial charge in [-0.25, -0.2) is 4.98 Å². The largest absolute Gasteiger partial charge is 0.388 e. The number of rotatable bonds is 3. The van der Waals surface area contributed by atoms with Gasteiger partial charge in [-0.2, -0.15) is 0 Å². The van der Waals surface area contributed by atoms with E-state index in [1.165, 1.54) is 5.56 Å². The van der Waals surface area contributed by atoms with Gasteiger partial charge in [-0.15, -0.1) is 0 Å². The molecule has 0 radical (unpaired) electrons. The number of fused-ring (bicyclic) bond motifs is 1. The minimum atomic E-state index is 0.910. The Balaban J connectivity index is 2.15. The molecule has 2 N–H and O–H groups in total. The van der Waals surface area contributed by atoms with Crippen LogP contribution in [0.4, 0.5) is 5.69 Å². The van der Waals surface area contributed by atoms with Gasteiger partial charge in [-0.3, -0.25) is 0 Å². The Hall–Kier alpha value is -2.29. The molecule has 0 amide bonds. The van der Waals surface area contributed by atoms with Crippen LogP contribution in [0, 0.1) is 0 Å². The number of aromatic nitrogens is 2. The normalized spacial score (nSPS) is 10.8. The van der Waals surface area contributed by atoms with Crippen LogP contribution in [0.3, 0.4) is 0 Å². The average molecular weight is 251 g/mol. The Morgan fingerprint density at radius 1 is 1.16 bits per heavy atom. The molecule has 19 heavy (non-hydrogen) atoms. The molecule has 0 saturated heterocycles. The van der Waals surface area contributed by atoms with E-state index in [1.807, 2.05) is 19.2 Å². The highest BCUT2D eigenvalue weighted by atomic mass is 14.9. The van der Waals surface area contributed by atoms with Crippen molar-refractivity contribution in [3.05, 3.63) is 48.0 Å². The van der Waals surface area contributed by atoms with Crippen LogP contribution in [0.2, 0.25) is 0 Å². The molecule has 0 fully saturated rings. The standard InChI is InChI=1S/C16H17N3/c1-3-11-8-9-14-15(10-11)19-16(18-14)12-6-4-5-7-13(12)17-2/h4-10,17H,3H2,1-2H3,(H,18,19). The van der Waals surface area contributed by atoms with Gasteiger partial charge < -0.3 is 10.3 Å². The quantitative estimate of drug-likeness (QED) is 0.742. The topological polar surface area (TPSA) is 40.7 Å². The molecule has 0 aliphatic heterocycles. The van der Waals surface area contributed by atoms with Crippen LogP contribution in [0.5, 0.6) is 0 Å². The highest BCUT2D eigenvalue weighted by molar-refractivity contribution is 5.83. The summed E-state index contributed by atoms with van der Waals surface area (Å²) in [4.78, 5) is 8.08. The SMILES string of the molecule is CCc1ccc2nc(-c3ccccc3NC)[nH]c2c1. The van der Waals surface area contributed by atoms with Crippen molar-refractivity contribution < 1.29 is 0 Å². The number of aryl methyl sites for hydroxylation is 1. The van der Waals surface area contributed by atoms with Crippen LogP contribution < -0.4 is 5.32 Å². The van der Waals surface area contributed by atoms with Gasteiger partial charge in [0.1, 0.15) is 5.82 Å². The van der Waals surface area contributed by atoms with E-state index in [0.29, 0.717) is 0 Å². The number of hydrogen-bond donors (Lipinski definition) is 2. The Kier molecular flexibility index (Phi) is 2.95. The lowest BCUT2D eigenvalue weighted by molar-refractivity contribution is 1.14. The summed E-state index contributed by atoms with van der Waals surface area (Å²) in [6.45, 7) is 2.16. The second-order valence-electron chi connectivity index (χ2n) is 4.59. The highest BCUT2D eigenvalue weighted by Gasteiger charge is 2.08. The first-order valence-corrected chi connectivity index (χ1v) is 6.57. The van der Waals surface area contributed by atoms with Crippen molar-refractivity contribution in [3.63, 3.8) is 0 Å². The van der Waals surface area contributed by atoms with Crippen molar-refractivity contribution in [1.29, 1.82) is 0 Å². The van der Waals surface area contributed by atoms with Crippen LogP contribution in [0.1, 0.15) is 12.5 Å². The maximum atomic E-state index is 4.67. The fraction of sp³-hybridized carbons (Fsp3) is 0.188. The van der Waals surface area contributed by atoms with Gasteiger partial charge >= 0.3 is 0 Å². The minimum Gasteiger partial charge on any atom is -0.388 e. The van der Waals surface area contributed by atoms with E-state index in [-0.39, 0.29) is 0 Å². The smallest absolute Gasteiger partial charge is 0.140 e.